The van der Waals surface area contributed by atoms with Crippen LogP contribution in [-0.2, 0) is 6.54 Å². The minimum atomic E-state index is -0.273. The van der Waals surface area contributed by atoms with Gasteiger partial charge in [-0.05, 0) is 17.0 Å². The smallest absolute Gasteiger partial charge is 0.293 e. The Balaban J connectivity index is 1.68. The van der Waals surface area contributed by atoms with E-state index in [0.29, 0.717) is 23.2 Å². The minimum absolute atomic E-state index is 0.0204. The molecule has 3 rings (SSSR count). The lowest BCUT2D eigenvalue weighted by Crippen LogP contribution is -2.18. The average molecular weight is 367 g/mol. The molecule has 0 saturated carbocycles. The molecule has 3 aromatic rings. The Labute approximate surface area is 156 Å². The maximum atomic E-state index is 12.4. The zero-order chi connectivity index (χ0) is 18.5. The van der Waals surface area contributed by atoms with Crippen molar-refractivity contribution in [3.8, 4) is 0 Å². The van der Waals surface area contributed by atoms with E-state index in [1.165, 1.54) is 17.3 Å². The summed E-state index contributed by atoms with van der Waals surface area (Å²) in [5.41, 5.74) is 2.62. The molecule has 0 radical (unpaired) electrons. The van der Waals surface area contributed by atoms with Crippen LogP contribution >= 0.6 is 11.8 Å². The second-order valence-electron chi connectivity index (χ2n) is 6.37. The molecular weight excluding hydrogens is 346 g/mol. The highest BCUT2D eigenvalue weighted by atomic mass is 32.2. The number of rotatable bonds is 7. The zero-order valence-electron chi connectivity index (χ0n) is 14.8. The van der Waals surface area contributed by atoms with Crippen molar-refractivity contribution in [3.05, 3.63) is 81.8 Å². The number of nitrogens with zero attached hydrogens (tertiary/aromatic N) is 2. The van der Waals surface area contributed by atoms with Gasteiger partial charge < -0.3 is 0 Å². The molecule has 1 aromatic heterocycles. The third-order valence-electron chi connectivity index (χ3n) is 4.14. The largest absolute Gasteiger partial charge is 0.344 e. The summed E-state index contributed by atoms with van der Waals surface area (Å²) in [6.45, 7) is 4.67. The van der Waals surface area contributed by atoms with Gasteiger partial charge in [-0.3, -0.25) is 9.36 Å². The van der Waals surface area contributed by atoms with Gasteiger partial charge in [0, 0.05) is 5.56 Å². The maximum Gasteiger partial charge on any atom is 0.344 e. The third kappa shape index (κ3) is 4.32. The number of nitrogens with one attached hydrogen (secondary N) is 1. The van der Waals surface area contributed by atoms with Crippen molar-refractivity contribution < 1.29 is 4.79 Å². The Bertz CT molecular complexity index is 928. The monoisotopic (exact) mass is 367 g/mol. The Morgan fingerprint density at radius 1 is 1.12 bits per heavy atom. The molecule has 0 amide bonds. The predicted octanol–water partition coefficient (Wildman–Crippen LogP) is 3.72. The van der Waals surface area contributed by atoms with E-state index >= 15 is 0 Å². The third-order valence-corrected chi connectivity index (χ3v) is 5.11. The zero-order valence-corrected chi connectivity index (χ0v) is 15.6. The average Bonchev–Trinajstić information content (AvgIpc) is 3.00. The molecule has 0 aliphatic heterocycles. The quantitative estimate of drug-likeness (QED) is 0.510. The first-order valence-corrected chi connectivity index (χ1v) is 9.48. The standard InChI is InChI=1S/C20H21N3O2S/c1-14(2)16-8-10-17(11-9-16)18(24)13-26-20-22-21-19(25)23(20)12-15-6-4-3-5-7-15/h3-11,14H,12-13H2,1-2H3,(H,21,25). The van der Waals surface area contributed by atoms with E-state index in [-0.39, 0.29) is 17.2 Å². The molecule has 5 nitrogen and oxygen atoms in total. The second kappa shape index (κ2) is 8.19. The molecule has 6 heteroatoms. The van der Waals surface area contributed by atoms with Crippen LogP contribution in [0.4, 0.5) is 0 Å². The van der Waals surface area contributed by atoms with Crippen molar-refractivity contribution in [1.29, 1.82) is 0 Å². The van der Waals surface area contributed by atoms with Crippen molar-refractivity contribution in [1.82, 2.24) is 14.8 Å². The van der Waals surface area contributed by atoms with Gasteiger partial charge in [0.2, 0.25) is 0 Å². The van der Waals surface area contributed by atoms with Crippen LogP contribution in [0.15, 0.2) is 64.5 Å². The molecular formula is C20H21N3O2S. The lowest BCUT2D eigenvalue weighted by atomic mass is 10.0. The maximum absolute atomic E-state index is 12.4. The molecule has 0 aliphatic carbocycles. The number of carbonyl (C=O) groups is 1. The van der Waals surface area contributed by atoms with Gasteiger partial charge in [0.15, 0.2) is 10.9 Å². The number of hydrogen-bond acceptors (Lipinski definition) is 4. The molecule has 1 heterocycles. The molecule has 0 aliphatic rings. The molecule has 1 N–H and O–H groups in total. The number of ketones is 1. The number of Topliss-reactive ketones (excluding diaryl/α,β-unsaturated/α-hetero) is 1. The van der Waals surface area contributed by atoms with E-state index in [4.69, 9.17) is 0 Å². The van der Waals surface area contributed by atoms with E-state index in [1.54, 1.807) is 4.57 Å². The van der Waals surface area contributed by atoms with Gasteiger partial charge in [-0.2, -0.15) is 0 Å². The van der Waals surface area contributed by atoms with E-state index in [1.807, 2.05) is 54.6 Å². The predicted molar refractivity (Wildman–Crippen MR) is 104 cm³/mol. The van der Waals surface area contributed by atoms with Gasteiger partial charge in [0.25, 0.3) is 0 Å². The minimum Gasteiger partial charge on any atom is -0.293 e. The molecule has 0 fully saturated rings. The van der Waals surface area contributed by atoms with Gasteiger partial charge in [0.05, 0.1) is 12.3 Å². The van der Waals surface area contributed by atoms with E-state index in [9.17, 15) is 9.59 Å². The normalized spacial score (nSPS) is 11.0. The van der Waals surface area contributed by atoms with E-state index < -0.39 is 0 Å². The second-order valence-corrected chi connectivity index (χ2v) is 7.31. The van der Waals surface area contributed by atoms with Crippen molar-refractivity contribution in [3.63, 3.8) is 0 Å². The molecule has 134 valence electrons. The van der Waals surface area contributed by atoms with Crippen molar-refractivity contribution in [2.45, 2.75) is 31.5 Å². The first kappa shape index (κ1) is 18.2. The van der Waals surface area contributed by atoms with Gasteiger partial charge in [-0.25, -0.2) is 9.89 Å². The Morgan fingerprint density at radius 2 is 1.81 bits per heavy atom. The highest BCUT2D eigenvalue weighted by Crippen LogP contribution is 2.19. The van der Waals surface area contributed by atoms with Crippen LogP contribution in [0.25, 0.3) is 0 Å². The van der Waals surface area contributed by atoms with Crippen LogP contribution in [0, 0.1) is 0 Å². The Morgan fingerprint density at radius 3 is 2.46 bits per heavy atom. The molecule has 26 heavy (non-hydrogen) atoms. The SMILES string of the molecule is CC(C)c1ccc(C(=O)CSc2n[nH]c(=O)n2Cc2ccccc2)cc1. The Hall–Kier alpha value is -2.60. The molecule has 0 saturated heterocycles. The number of carbonyl (C=O) groups excluding carboxylic acids is 1. The van der Waals surface area contributed by atoms with Crippen LogP contribution in [0.1, 0.15) is 41.3 Å². The van der Waals surface area contributed by atoms with Gasteiger partial charge in [-0.15, -0.1) is 5.10 Å². The van der Waals surface area contributed by atoms with Crippen LogP contribution in [0.2, 0.25) is 0 Å². The number of benzene rings is 2. The molecule has 0 spiro atoms. The number of hydrogen-bond donors (Lipinski definition) is 1. The van der Waals surface area contributed by atoms with E-state index in [0.717, 1.165) is 5.56 Å². The van der Waals surface area contributed by atoms with Crippen molar-refractivity contribution in [2.24, 2.45) is 0 Å². The van der Waals surface area contributed by atoms with Gasteiger partial charge in [0.1, 0.15) is 0 Å². The fourth-order valence-corrected chi connectivity index (χ4v) is 3.43. The van der Waals surface area contributed by atoms with Crippen LogP contribution in [-0.4, -0.2) is 26.3 Å². The van der Waals surface area contributed by atoms with Crippen molar-refractivity contribution >= 4 is 17.5 Å². The Kier molecular flexibility index (Phi) is 5.73. The van der Waals surface area contributed by atoms with Crippen molar-refractivity contribution in [2.75, 3.05) is 5.75 Å². The van der Waals surface area contributed by atoms with Gasteiger partial charge in [-0.1, -0.05) is 80.2 Å². The van der Waals surface area contributed by atoms with Gasteiger partial charge >= 0.3 is 5.69 Å². The molecule has 0 bridgehead atoms. The summed E-state index contributed by atoms with van der Waals surface area (Å²) in [5.74, 6) is 0.692. The fourth-order valence-electron chi connectivity index (χ4n) is 2.59. The summed E-state index contributed by atoms with van der Waals surface area (Å²) < 4.78 is 1.55. The van der Waals surface area contributed by atoms with Crippen LogP contribution < -0.4 is 5.69 Å². The number of aromatic nitrogens is 3. The van der Waals surface area contributed by atoms with E-state index in [2.05, 4.69) is 24.0 Å². The molecule has 0 atom stereocenters. The summed E-state index contributed by atoms with van der Waals surface area (Å²) in [6.07, 6.45) is 0. The molecule has 0 unspecified atom stereocenters. The first-order chi connectivity index (χ1) is 12.5. The first-order valence-electron chi connectivity index (χ1n) is 8.49. The number of aromatic amines is 1. The van der Waals surface area contributed by atoms with Crippen LogP contribution in [0.3, 0.4) is 0 Å². The lowest BCUT2D eigenvalue weighted by molar-refractivity contribution is 0.102. The highest BCUT2D eigenvalue weighted by Gasteiger charge is 2.13. The summed E-state index contributed by atoms with van der Waals surface area (Å²) in [4.78, 5) is 24.4. The van der Waals surface area contributed by atoms with Crippen LogP contribution in [0.5, 0.6) is 0 Å². The molecule has 2 aromatic carbocycles. The summed E-state index contributed by atoms with van der Waals surface area (Å²) in [5, 5.41) is 7.04. The summed E-state index contributed by atoms with van der Waals surface area (Å²) >= 11 is 1.27. The topological polar surface area (TPSA) is 67.8 Å². The fraction of sp³-hybridized carbons (Fsp3) is 0.250. The number of H-pyrrole nitrogens is 1. The summed E-state index contributed by atoms with van der Waals surface area (Å²) in [7, 11) is 0. The number of thioether (sulfide) groups is 1. The highest BCUT2D eigenvalue weighted by molar-refractivity contribution is 7.99. The lowest BCUT2D eigenvalue weighted by Gasteiger charge is -2.07. The summed E-state index contributed by atoms with van der Waals surface area (Å²) in [6, 6.07) is 17.4.